The molecule has 0 bridgehead atoms. The second-order valence-corrected chi connectivity index (χ2v) is 5.05. The van der Waals surface area contributed by atoms with E-state index < -0.39 is 0 Å². The molecule has 0 saturated carbocycles. The van der Waals surface area contributed by atoms with Crippen molar-refractivity contribution in [2.24, 2.45) is 0 Å². The van der Waals surface area contributed by atoms with Gasteiger partial charge in [-0.1, -0.05) is 35.5 Å². The van der Waals surface area contributed by atoms with Crippen LogP contribution in [0.1, 0.15) is 5.89 Å². The van der Waals surface area contributed by atoms with Gasteiger partial charge in [-0.3, -0.25) is 4.98 Å². The second-order valence-electron chi connectivity index (χ2n) is 5.05. The van der Waals surface area contributed by atoms with E-state index in [9.17, 15) is 0 Å². The Labute approximate surface area is 132 Å². The Kier molecular flexibility index (Phi) is 3.44. The molecule has 0 N–H and O–H groups in total. The minimum absolute atomic E-state index is 0.233. The maximum absolute atomic E-state index is 5.74. The number of benzene rings is 2. The molecule has 4 aromatic rings. The Morgan fingerprint density at radius 3 is 2.61 bits per heavy atom. The highest BCUT2D eigenvalue weighted by molar-refractivity contribution is 5.83. The van der Waals surface area contributed by atoms with Crippen molar-refractivity contribution in [1.29, 1.82) is 0 Å². The van der Waals surface area contributed by atoms with Crippen LogP contribution in [-0.4, -0.2) is 15.1 Å². The van der Waals surface area contributed by atoms with Gasteiger partial charge in [0.2, 0.25) is 5.82 Å². The number of pyridine rings is 1. The normalized spacial score (nSPS) is 10.8. The molecule has 4 rings (SSSR count). The maximum atomic E-state index is 5.74. The molecule has 112 valence electrons. The van der Waals surface area contributed by atoms with E-state index in [1.165, 1.54) is 5.39 Å². The molecule has 0 saturated heterocycles. The summed E-state index contributed by atoms with van der Waals surface area (Å²) in [6.07, 6.45) is 3.38. The standard InChI is InChI=1S/C18H13N3O2/c1-2-4-15-11-16(6-5-13(15)3-1)22-12-17-20-18(21-23-17)14-7-9-19-10-8-14/h1-11H,12H2. The van der Waals surface area contributed by atoms with Crippen molar-refractivity contribution in [3.05, 3.63) is 72.9 Å². The van der Waals surface area contributed by atoms with E-state index in [0.717, 1.165) is 16.7 Å². The average Bonchev–Trinajstić information content (AvgIpc) is 3.10. The van der Waals surface area contributed by atoms with Crippen LogP contribution in [0.5, 0.6) is 5.75 Å². The molecule has 2 aromatic heterocycles. The van der Waals surface area contributed by atoms with Crippen LogP contribution in [-0.2, 0) is 6.61 Å². The monoisotopic (exact) mass is 303 g/mol. The third kappa shape index (κ3) is 2.89. The molecule has 0 atom stereocenters. The molecule has 0 spiro atoms. The van der Waals surface area contributed by atoms with E-state index in [0.29, 0.717) is 11.7 Å². The zero-order valence-electron chi connectivity index (χ0n) is 12.2. The van der Waals surface area contributed by atoms with Crippen LogP contribution in [0, 0.1) is 0 Å². The summed E-state index contributed by atoms with van der Waals surface area (Å²) in [7, 11) is 0. The van der Waals surface area contributed by atoms with Crippen LogP contribution in [0.15, 0.2) is 71.5 Å². The predicted molar refractivity (Wildman–Crippen MR) is 85.8 cm³/mol. The Hall–Kier alpha value is -3.21. The zero-order valence-corrected chi connectivity index (χ0v) is 12.2. The minimum Gasteiger partial charge on any atom is -0.484 e. The van der Waals surface area contributed by atoms with Gasteiger partial charge in [-0.15, -0.1) is 0 Å². The smallest absolute Gasteiger partial charge is 0.264 e. The fourth-order valence-electron chi connectivity index (χ4n) is 2.33. The van der Waals surface area contributed by atoms with Gasteiger partial charge in [0, 0.05) is 18.0 Å². The average molecular weight is 303 g/mol. The first-order valence-corrected chi connectivity index (χ1v) is 7.23. The van der Waals surface area contributed by atoms with Crippen LogP contribution >= 0.6 is 0 Å². The molecule has 2 aromatic carbocycles. The van der Waals surface area contributed by atoms with Crippen LogP contribution < -0.4 is 4.74 Å². The molecule has 5 heteroatoms. The molecule has 0 aliphatic carbocycles. The molecule has 0 aliphatic rings. The number of hydrogen-bond donors (Lipinski definition) is 0. The molecule has 0 fully saturated rings. The van der Waals surface area contributed by atoms with Gasteiger partial charge in [-0.2, -0.15) is 4.98 Å². The van der Waals surface area contributed by atoms with Crippen molar-refractivity contribution in [1.82, 2.24) is 15.1 Å². The predicted octanol–water partition coefficient (Wildman–Crippen LogP) is 3.86. The summed E-state index contributed by atoms with van der Waals surface area (Å²) in [5.41, 5.74) is 0.862. The number of ether oxygens (including phenoxy) is 1. The van der Waals surface area contributed by atoms with E-state index >= 15 is 0 Å². The van der Waals surface area contributed by atoms with Gasteiger partial charge in [-0.25, -0.2) is 0 Å². The van der Waals surface area contributed by atoms with Gasteiger partial charge in [0.1, 0.15) is 5.75 Å². The van der Waals surface area contributed by atoms with E-state index in [1.54, 1.807) is 12.4 Å². The molecule has 0 aliphatic heterocycles. The summed E-state index contributed by atoms with van der Waals surface area (Å²) in [4.78, 5) is 8.30. The van der Waals surface area contributed by atoms with Gasteiger partial charge < -0.3 is 9.26 Å². The second kappa shape index (κ2) is 5.88. The number of nitrogens with zero attached hydrogens (tertiary/aromatic N) is 3. The summed E-state index contributed by atoms with van der Waals surface area (Å²) in [6.45, 7) is 0.233. The van der Waals surface area contributed by atoms with Crippen molar-refractivity contribution in [3.63, 3.8) is 0 Å². The first kappa shape index (κ1) is 13.5. The lowest BCUT2D eigenvalue weighted by Gasteiger charge is -2.04. The van der Waals surface area contributed by atoms with Gasteiger partial charge in [0.05, 0.1) is 0 Å². The van der Waals surface area contributed by atoms with Crippen LogP contribution in [0.4, 0.5) is 0 Å². The first-order valence-electron chi connectivity index (χ1n) is 7.23. The third-order valence-corrected chi connectivity index (χ3v) is 3.49. The van der Waals surface area contributed by atoms with Crippen LogP contribution in [0.3, 0.4) is 0 Å². The van der Waals surface area contributed by atoms with Gasteiger partial charge in [-0.05, 0) is 35.0 Å². The molecule has 0 radical (unpaired) electrons. The quantitative estimate of drug-likeness (QED) is 0.573. The highest BCUT2D eigenvalue weighted by Crippen LogP contribution is 2.21. The summed E-state index contributed by atoms with van der Waals surface area (Å²) >= 11 is 0. The van der Waals surface area contributed by atoms with Gasteiger partial charge >= 0.3 is 0 Å². The molecular weight excluding hydrogens is 290 g/mol. The third-order valence-electron chi connectivity index (χ3n) is 3.49. The van der Waals surface area contributed by atoms with E-state index in [4.69, 9.17) is 9.26 Å². The van der Waals surface area contributed by atoms with Crippen molar-refractivity contribution >= 4 is 10.8 Å². The highest BCUT2D eigenvalue weighted by Gasteiger charge is 2.09. The molecule has 0 amide bonds. The number of aromatic nitrogens is 3. The summed E-state index contributed by atoms with van der Waals surface area (Å²) in [5.74, 6) is 1.74. The Morgan fingerprint density at radius 1 is 0.913 bits per heavy atom. The summed E-state index contributed by atoms with van der Waals surface area (Å²) in [5, 5.41) is 6.27. The largest absolute Gasteiger partial charge is 0.484 e. The number of rotatable bonds is 4. The Morgan fingerprint density at radius 2 is 1.74 bits per heavy atom. The highest BCUT2D eigenvalue weighted by atomic mass is 16.5. The Balaban J connectivity index is 1.49. The van der Waals surface area contributed by atoms with Crippen LogP contribution in [0.2, 0.25) is 0 Å². The Bertz CT molecular complexity index is 935. The molecule has 23 heavy (non-hydrogen) atoms. The van der Waals surface area contributed by atoms with Crippen LogP contribution in [0.25, 0.3) is 22.2 Å². The summed E-state index contributed by atoms with van der Waals surface area (Å²) < 4.78 is 11.0. The van der Waals surface area contributed by atoms with E-state index in [-0.39, 0.29) is 6.61 Å². The number of hydrogen-bond acceptors (Lipinski definition) is 5. The SMILES string of the molecule is c1ccc2cc(OCc3nc(-c4ccncc4)no3)ccc2c1. The topological polar surface area (TPSA) is 61.0 Å². The van der Waals surface area contributed by atoms with Crippen molar-refractivity contribution < 1.29 is 9.26 Å². The maximum Gasteiger partial charge on any atom is 0.264 e. The fraction of sp³-hybridized carbons (Fsp3) is 0.0556. The lowest BCUT2D eigenvalue weighted by atomic mass is 10.1. The number of fused-ring (bicyclic) bond motifs is 1. The first-order chi connectivity index (χ1) is 11.4. The van der Waals surface area contributed by atoms with E-state index in [1.807, 2.05) is 42.5 Å². The van der Waals surface area contributed by atoms with Crippen molar-refractivity contribution in [3.8, 4) is 17.1 Å². The zero-order chi connectivity index (χ0) is 15.5. The lowest BCUT2D eigenvalue weighted by Crippen LogP contribution is -1.95. The summed E-state index contributed by atoms with van der Waals surface area (Å²) in [6, 6.07) is 17.8. The van der Waals surface area contributed by atoms with Crippen molar-refractivity contribution in [2.75, 3.05) is 0 Å². The van der Waals surface area contributed by atoms with E-state index in [2.05, 4.69) is 27.3 Å². The minimum atomic E-state index is 0.233. The molecular formula is C18H13N3O2. The molecule has 0 unspecified atom stereocenters. The van der Waals surface area contributed by atoms with Gasteiger partial charge in [0.15, 0.2) is 6.61 Å². The van der Waals surface area contributed by atoms with Gasteiger partial charge in [0.25, 0.3) is 5.89 Å². The molecule has 5 nitrogen and oxygen atoms in total. The fourth-order valence-corrected chi connectivity index (χ4v) is 2.33. The van der Waals surface area contributed by atoms with Crippen molar-refractivity contribution in [2.45, 2.75) is 6.61 Å². The molecule has 2 heterocycles. The lowest BCUT2D eigenvalue weighted by molar-refractivity contribution is 0.243.